The quantitative estimate of drug-likeness (QED) is 0.240. The normalized spacial score (nSPS) is 27.1. The molecule has 39 heavy (non-hydrogen) atoms. The molecule has 2 bridgehead atoms. The van der Waals surface area contributed by atoms with E-state index in [1.807, 2.05) is 19.9 Å². The first-order valence-corrected chi connectivity index (χ1v) is 15.4. The third-order valence-electron chi connectivity index (χ3n) is 6.39. The summed E-state index contributed by atoms with van der Waals surface area (Å²) in [5.74, 6) is -2.39. The smallest absolute Gasteiger partial charge is 0.326 e. The van der Waals surface area contributed by atoms with Crippen LogP contribution in [-0.2, 0) is 35.1 Å². The van der Waals surface area contributed by atoms with Gasteiger partial charge in [-0.3, -0.25) is 24.0 Å². The van der Waals surface area contributed by atoms with Crippen LogP contribution in [-0.4, -0.2) is 70.8 Å². The molecule has 0 aliphatic carbocycles. The number of aromatic hydroxyl groups is 1. The molecule has 2 heterocycles. The summed E-state index contributed by atoms with van der Waals surface area (Å²) >= 11 is 0. The van der Waals surface area contributed by atoms with E-state index in [1.54, 1.807) is 18.2 Å². The van der Waals surface area contributed by atoms with Crippen molar-refractivity contribution in [2.45, 2.75) is 57.7 Å². The molecule has 1 saturated heterocycles. The number of ether oxygens (including phenoxy) is 1. The number of hydrogen-bond donors (Lipinski definition) is 4. The predicted octanol–water partition coefficient (Wildman–Crippen LogP) is 1.91. The average Bonchev–Trinajstić information content (AvgIpc) is 2.88. The number of ketones is 1. The van der Waals surface area contributed by atoms with E-state index in [0.29, 0.717) is 17.7 Å². The number of nitrogens with one attached hydrogen (secondary N) is 3. The highest BCUT2D eigenvalue weighted by Gasteiger charge is 2.32. The van der Waals surface area contributed by atoms with E-state index in [1.165, 1.54) is 33.7 Å². The molecule has 0 aromatic heterocycles. The first kappa shape index (κ1) is 30.6. The van der Waals surface area contributed by atoms with Gasteiger partial charge in [-0.15, -0.1) is 0 Å². The van der Waals surface area contributed by atoms with E-state index in [2.05, 4.69) is 16.0 Å². The molecule has 4 N–H and O–H groups in total. The number of rotatable bonds is 3. The fourth-order valence-corrected chi connectivity index (χ4v) is 6.33. The van der Waals surface area contributed by atoms with E-state index < -0.39 is 54.3 Å². The fraction of sp³-hybridized carbons (Fsp3) is 0.519. The summed E-state index contributed by atoms with van der Waals surface area (Å²) in [6, 6.07) is 4.19. The predicted molar refractivity (Wildman–Crippen MR) is 150 cm³/mol. The van der Waals surface area contributed by atoms with Crippen LogP contribution < -0.4 is 16.0 Å². The Morgan fingerprint density at radius 1 is 0.974 bits per heavy atom. The lowest BCUT2D eigenvalue weighted by Gasteiger charge is -2.26. The van der Waals surface area contributed by atoms with E-state index in [4.69, 9.17) is 4.74 Å². The first-order chi connectivity index (χ1) is 18.6. The Hall–Kier alpha value is -2.99. The third-order valence-corrected chi connectivity index (χ3v) is 8.83. The van der Waals surface area contributed by atoms with Gasteiger partial charge in [-0.25, -0.2) is 0 Å². The van der Waals surface area contributed by atoms with Gasteiger partial charge in [-0.2, -0.15) is 0 Å². The summed E-state index contributed by atoms with van der Waals surface area (Å²) in [6.45, 7) is 3.22. The van der Waals surface area contributed by atoms with Crippen LogP contribution in [0.2, 0.25) is 0 Å². The van der Waals surface area contributed by atoms with Crippen molar-refractivity contribution in [3.8, 4) is 5.75 Å². The van der Waals surface area contributed by atoms with Gasteiger partial charge in [0.15, 0.2) is 0 Å². The van der Waals surface area contributed by atoms with Crippen LogP contribution in [0, 0.1) is 11.8 Å². The summed E-state index contributed by atoms with van der Waals surface area (Å²) in [4.78, 5) is 65.4. The Bertz CT molecular complexity index is 1080. The average molecular weight is 578 g/mol. The van der Waals surface area contributed by atoms with Crippen LogP contribution in [0.4, 0.5) is 0 Å². The molecule has 2 aliphatic heterocycles. The molecular weight excluding hydrogens is 542 g/mol. The second kappa shape index (κ2) is 15.0. The monoisotopic (exact) mass is 577 g/mol. The molecule has 10 nitrogen and oxygen atoms in total. The maximum Gasteiger partial charge on any atom is 0.326 e. The van der Waals surface area contributed by atoms with Crippen LogP contribution in [0.5, 0.6) is 5.75 Å². The summed E-state index contributed by atoms with van der Waals surface area (Å²) in [6.07, 6.45) is 3.29. The number of benzene rings is 1. The molecule has 1 fully saturated rings. The van der Waals surface area contributed by atoms with Gasteiger partial charge in [-0.1, -0.05) is 53.6 Å². The number of amides is 3. The Labute approximate surface area is 235 Å². The summed E-state index contributed by atoms with van der Waals surface area (Å²) in [7, 11) is 2.95. The minimum absolute atomic E-state index is 0.0537. The Morgan fingerprint density at radius 2 is 1.72 bits per heavy atom. The van der Waals surface area contributed by atoms with Crippen molar-refractivity contribution < 1.29 is 33.8 Å². The number of allylic oxidation sites excluding steroid dienone is 1. The zero-order valence-corrected chi connectivity index (χ0v) is 23.6. The molecule has 1 aromatic rings. The van der Waals surface area contributed by atoms with Gasteiger partial charge in [0.1, 0.15) is 36.3 Å². The topological polar surface area (TPSA) is 151 Å². The number of hydrogen-bond acceptors (Lipinski definition) is 9. The lowest BCUT2D eigenvalue weighted by Crippen LogP contribution is -2.56. The van der Waals surface area contributed by atoms with Crippen molar-refractivity contribution in [1.29, 1.82) is 0 Å². The molecule has 0 radical (unpaired) electrons. The number of carbonyl (C=O) groups excluding carboxylic acids is 5. The first-order valence-electron chi connectivity index (χ1n) is 12.9. The van der Waals surface area contributed by atoms with Crippen molar-refractivity contribution in [1.82, 2.24) is 16.0 Å². The highest BCUT2D eigenvalue weighted by molar-refractivity contribution is 8.76. The van der Waals surface area contributed by atoms with Gasteiger partial charge in [0.25, 0.3) is 0 Å². The number of phenols is 1. The van der Waals surface area contributed by atoms with Crippen molar-refractivity contribution in [3.63, 3.8) is 0 Å². The molecule has 12 heteroatoms. The number of phenolic OH excluding ortho intramolecular Hbond substituents is 1. The summed E-state index contributed by atoms with van der Waals surface area (Å²) < 4.78 is 5.51. The molecular formula is C27H35N3O7S2. The van der Waals surface area contributed by atoms with Gasteiger partial charge >= 0.3 is 5.97 Å². The second-order valence-electron chi connectivity index (χ2n) is 9.86. The van der Waals surface area contributed by atoms with E-state index in [9.17, 15) is 29.1 Å². The Kier molecular flexibility index (Phi) is 11.7. The summed E-state index contributed by atoms with van der Waals surface area (Å²) in [5.41, 5.74) is 0.672. The lowest BCUT2D eigenvalue weighted by atomic mass is 9.88. The van der Waals surface area contributed by atoms with Gasteiger partial charge < -0.3 is 25.8 Å². The zero-order chi connectivity index (χ0) is 28.4. The van der Waals surface area contributed by atoms with Crippen molar-refractivity contribution in [2.24, 2.45) is 11.8 Å². The highest BCUT2D eigenvalue weighted by atomic mass is 33.1. The molecule has 1 aromatic carbocycles. The zero-order valence-electron chi connectivity index (χ0n) is 22.0. The number of fused-ring (bicyclic) bond motifs is 7. The van der Waals surface area contributed by atoms with E-state index in [0.717, 1.165) is 0 Å². The van der Waals surface area contributed by atoms with E-state index >= 15 is 0 Å². The van der Waals surface area contributed by atoms with Gasteiger partial charge in [0.2, 0.25) is 17.7 Å². The molecule has 1 unspecified atom stereocenters. The van der Waals surface area contributed by atoms with Gasteiger partial charge in [-0.05, 0) is 36.1 Å². The van der Waals surface area contributed by atoms with Crippen LogP contribution in [0.25, 0.3) is 0 Å². The van der Waals surface area contributed by atoms with Crippen molar-refractivity contribution >= 4 is 51.1 Å². The van der Waals surface area contributed by atoms with Crippen molar-refractivity contribution in [3.05, 3.63) is 42.0 Å². The molecule has 0 spiro atoms. The van der Waals surface area contributed by atoms with Crippen LogP contribution in [0.15, 0.2) is 36.4 Å². The van der Waals surface area contributed by atoms with Crippen LogP contribution >= 0.6 is 21.6 Å². The second-order valence-corrected chi connectivity index (χ2v) is 12.5. The third kappa shape index (κ3) is 9.92. The summed E-state index contributed by atoms with van der Waals surface area (Å²) in [5, 5.41) is 17.7. The van der Waals surface area contributed by atoms with Crippen molar-refractivity contribution in [2.75, 3.05) is 18.1 Å². The highest BCUT2D eigenvalue weighted by Crippen LogP contribution is 2.25. The number of Topliss-reactive ketones (excluding diaryl/α,β-unsaturated/α-hetero) is 1. The molecule has 4 atom stereocenters. The molecule has 3 amide bonds. The Morgan fingerprint density at radius 3 is 2.44 bits per heavy atom. The van der Waals surface area contributed by atoms with Crippen LogP contribution in [0.1, 0.15) is 38.7 Å². The van der Waals surface area contributed by atoms with Gasteiger partial charge in [0, 0.05) is 36.7 Å². The fourth-order valence-electron chi connectivity index (χ4n) is 4.18. The molecule has 212 valence electrons. The maximum atomic E-state index is 13.4. The molecule has 3 rings (SSSR count). The largest absolute Gasteiger partial charge is 0.508 e. The van der Waals surface area contributed by atoms with Gasteiger partial charge in [0.05, 0.1) is 0 Å². The Balaban J connectivity index is 1.96. The minimum atomic E-state index is -1.06. The number of esters is 1. The molecule has 2 aliphatic rings. The number of carbonyl (C=O) groups is 5. The maximum absolute atomic E-state index is 13.4. The standard InChI is InChI=1S/C27H35N3O7S2/c1-16(2)21-13-19(32)12-20-5-3-4-10-38-39-15-23(30-25(21)34)27(36)29-22(26(35)28-14-24(33)37-20)11-17-6-8-18(31)9-7-17/h3,5-9,16,20-23,31H,4,10-15H2,1-2H3,(H,28,35)(H,29,36)(H,30,34)/b5-3+/t20?,21-,22-,23-/m1/s1. The van der Waals surface area contributed by atoms with E-state index in [-0.39, 0.29) is 42.5 Å². The SMILES string of the molecule is CC(C)[C@H]1CC(=O)CC2/C=C/CCSSC[C@@H](NC1=O)C(=O)N[C@H](Cc1ccc(O)cc1)C(=O)NCC(=O)O2. The lowest BCUT2D eigenvalue weighted by molar-refractivity contribution is -0.148. The minimum Gasteiger partial charge on any atom is -0.508 e. The molecule has 0 saturated carbocycles. The van der Waals surface area contributed by atoms with Crippen LogP contribution in [0.3, 0.4) is 0 Å².